The van der Waals surface area contributed by atoms with Crippen LogP contribution in [0.1, 0.15) is 27.0 Å². The Kier molecular flexibility index (Phi) is 4.87. The molecule has 3 aromatic rings. The summed E-state index contributed by atoms with van der Waals surface area (Å²) >= 11 is 0. The molecule has 0 radical (unpaired) electrons. The molecule has 2 heteroatoms. The van der Waals surface area contributed by atoms with Crippen molar-refractivity contribution in [3.8, 4) is 5.75 Å². The minimum absolute atomic E-state index is 0.0159. The van der Waals surface area contributed by atoms with Crippen molar-refractivity contribution in [2.45, 2.75) is 6.61 Å². The highest BCUT2D eigenvalue weighted by molar-refractivity contribution is 6.08. The molecule has 0 aromatic heterocycles. The van der Waals surface area contributed by atoms with E-state index >= 15 is 0 Å². The van der Waals surface area contributed by atoms with Gasteiger partial charge in [-0.1, -0.05) is 67.3 Å². The lowest BCUT2D eigenvalue weighted by molar-refractivity contribution is 0.103. The van der Waals surface area contributed by atoms with Gasteiger partial charge in [-0.15, -0.1) is 0 Å². The van der Waals surface area contributed by atoms with Crippen molar-refractivity contribution in [2.75, 3.05) is 0 Å². The Balaban J connectivity index is 1.64. The van der Waals surface area contributed by atoms with E-state index in [9.17, 15) is 4.79 Å². The number of hydrogen-bond donors (Lipinski definition) is 0. The smallest absolute Gasteiger partial charge is 0.193 e. The molecule has 2 nitrogen and oxygen atoms in total. The van der Waals surface area contributed by atoms with E-state index in [1.807, 2.05) is 72.8 Å². The van der Waals surface area contributed by atoms with Gasteiger partial charge in [0.2, 0.25) is 0 Å². The number of ether oxygens (including phenoxy) is 1. The molecule has 0 bridgehead atoms. The van der Waals surface area contributed by atoms with Crippen LogP contribution in [0.5, 0.6) is 5.75 Å². The monoisotopic (exact) mass is 314 g/mol. The van der Waals surface area contributed by atoms with Crippen LogP contribution in [0.25, 0.3) is 6.08 Å². The highest BCUT2D eigenvalue weighted by Gasteiger charge is 2.08. The third-order valence-corrected chi connectivity index (χ3v) is 3.77. The molecule has 3 aromatic carbocycles. The molecule has 0 amide bonds. The van der Waals surface area contributed by atoms with E-state index in [1.54, 1.807) is 12.1 Å². The average molecular weight is 314 g/mol. The first-order valence-electron chi connectivity index (χ1n) is 7.80. The molecular formula is C22H18O2. The summed E-state index contributed by atoms with van der Waals surface area (Å²) in [6.45, 7) is 4.23. The number of hydrogen-bond acceptors (Lipinski definition) is 2. The molecule has 0 saturated carbocycles. The molecule has 3 rings (SSSR count). The first kappa shape index (κ1) is 15.8. The van der Waals surface area contributed by atoms with Crippen LogP contribution in [-0.4, -0.2) is 5.78 Å². The molecule has 0 heterocycles. The highest BCUT2D eigenvalue weighted by Crippen LogP contribution is 2.17. The summed E-state index contributed by atoms with van der Waals surface area (Å²) in [6, 6.07) is 24.6. The van der Waals surface area contributed by atoms with Crippen LogP contribution >= 0.6 is 0 Å². The standard InChI is InChI=1S/C22H18O2/c1-2-17-8-10-18(11-9-17)16-24-21-14-12-20(13-15-21)22(23)19-6-4-3-5-7-19/h2-15H,1,16H2. The Bertz CT molecular complexity index is 816. The fourth-order valence-electron chi connectivity index (χ4n) is 2.38. The van der Waals surface area contributed by atoms with E-state index in [2.05, 4.69) is 6.58 Å². The van der Waals surface area contributed by atoms with E-state index < -0.39 is 0 Å². The van der Waals surface area contributed by atoms with Gasteiger partial charge in [0.05, 0.1) is 0 Å². The SMILES string of the molecule is C=Cc1ccc(COc2ccc(C(=O)c3ccccc3)cc2)cc1. The van der Waals surface area contributed by atoms with Gasteiger partial charge in [0.1, 0.15) is 12.4 Å². The van der Waals surface area contributed by atoms with E-state index in [1.165, 1.54) is 0 Å². The molecular weight excluding hydrogens is 296 g/mol. The fraction of sp³-hybridized carbons (Fsp3) is 0.0455. The van der Waals surface area contributed by atoms with Gasteiger partial charge in [-0.3, -0.25) is 4.79 Å². The lowest BCUT2D eigenvalue weighted by Gasteiger charge is -2.08. The Morgan fingerprint density at radius 1 is 0.833 bits per heavy atom. The number of ketones is 1. The lowest BCUT2D eigenvalue weighted by atomic mass is 10.0. The van der Waals surface area contributed by atoms with Gasteiger partial charge in [0, 0.05) is 11.1 Å². The summed E-state index contributed by atoms with van der Waals surface area (Å²) in [4.78, 5) is 12.3. The Labute approximate surface area is 142 Å². The van der Waals surface area contributed by atoms with E-state index in [-0.39, 0.29) is 5.78 Å². The van der Waals surface area contributed by atoms with Gasteiger partial charge in [-0.05, 0) is 35.4 Å². The summed E-state index contributed by atoms with van der Waals surface area (Å²) in [6.07, 6.45) is 1.81. The first-order chi connectivity index (χ1) is 11.8. The molecule has 24 heavy (non-hydrogen) atoms. The van der Waals surface area contributed by atoms with E-state index in [0.29, 0.717) is 17.7 Å². The van der Waals surface area contributed by atoms with Crippen LogP contribution < -0.4 is 4.74 Å². The number of benzene rings is 3. The zero-order valence-electron chi connectivity index (χ0n) is 13.3. The second-order valence-corrected chi connectivity index (χ2v) is 5.45. The van der Waals surface area contributed by atoms with Gasteiger partial charge >= 0.3 is 0 Å². The van der Waals surface area contributed by atoms with Gasteiger partial charge in [0.15, 0.2) is 5.78 Å². The molecule has 0 fully saturated rings. The van der Waals surface area contributed by atoms with Gasteiger partial charge in [0.25, 0.3) is 0 Å². The largest absolute Gasteiger partial charge is 0.489 e. The second-order valence-electron chi connectivity index (χ2n) is 5.45. The molecule has 0 saturated heterocycles. The summed E-state index contributed by atoms with van der Waals surface area (Å²) < 4.78 is 5.77. The maximum atomic E-state index is 12.3. The van der Waals surface area contributed by atoms with Crippen LogP contribution in [-0.2, 0) is 6.61 Å². The molecule has 0 N–H and O–H groups in total. The summed E-state index contributed by atoms with van der Waals surface area (Å²) in [5.74, 6) is 0.759. The summed E-state index contributed by atoms with van der Waals surface area (Å²) in [5, 5.41) is 0. The predicted molar refractivity (Wildman–Crippen MR) is 97.2 cm³/mol. The van der Waals surface area contributed by atoms with Crippen molar-refractivity contribution in [1.82, 2.24) is 0 Å². The molecule has 0 aliphatic carbocycles. The zero-order chi connectivity index (χ0) is 16.8. The van der Waals surface area contributed by atoms with Crippen molar-refractivity contribution in [1.29, 1.82) is 0 Å². The van der Waals surface area contributed by atoms with Crippen molar-refractivity contribution < 1.29 is 9.53 Å². The van der Waals surface area contributed by atoms with Gasteiger partial charge in [-0.25, -0.2) is 0 Å². The summed E-state index contributed by atoms with van der Waals surface area (Å²) in [7, 11) is 0. The predicted octanol–water partition coefficient (Wildman–Crippen LogP) is 5.14. The Hall–Kier alpha value is -3.13. The number of carbonyl (C=O) groups is 1. The van der Waals surface area contributed by atoms with Crippen LogP contribution in [0.4, 0.5) is 0 Å². The lowest BCUT2D eigenvalue weighted by Crippen LogP contribution is -2.01. The third-order valence-electron chi connectivity index (χ3n) is 3.77. The Morgan fingerprint density at radius 3 is 2.08 bits per heavy atom. The third kappa shape index (κ3) is 3.79. The van der Waals surface area contributed by atoms with Crippen LogP contribution in [0, 0.1) is 0 Å². The average Bonchev–Trinajstić information content (AvgIpc) is 2.67. The first-order valence-corrected chi connectivity index (χ1v) is 7.80. The minimum atomic E-state index is 0.0159. The molecule has 0 aliphatic heterocycles. The Morgan fingerprint density at radius 2 is 1.46 bits per heavy atom. The fourth-order valence-corrected chi connectivity index (χ4v) is 2.38. The van der Waals surface area contributed by atoms with Crippen LogP contribution in [0.3, 0.4) is 0 Å². The molecule has 0 spiro atoms. The number of carbonyl (C=O) groups excluding carboxylic acids is 1. The van der Waals surface area contributed by atoms with Gasteiger partial charge in [-0.2, -0.15) is 0 Å². The molecule has 0 atom stereocenters. The van der Waals surface area contributed by atoms with Crippen molar-refractivity contribution in [2.24, 2.45) is 0 Å². The minimum Gasteiger partial charge on any atom is -0.489 e. The van der Waals surface area contributed by atoms with Crippen LogP contribution in [0.2, 0.25) is 0 Å². The normalized spacial score (nSPS) is 10.2. The van der Waals surface area contributed by atoms with Crippen molar-refractivity contribution >= 4 is 11.9 Å². The second kappa shape index (κ2) is 7.42. The highest BCUT2D eigenvalue weighted by atomic mass is 16.5. The maximum Gasteiger partial charge on any atom is 0.193 e. The molecule has 118 valence electrons. The van der Waals surface area contributed by atoms with Crippen molar-refractivity contribution in [3.05, 3.63) is 108 Å². The quantitative estimate of drug-likeness (QED) is 0.589. The molecule has 0 unspecified atom stereocenters. The van der Waals surface area contributed by atoms with Gasteiger partial charge < -0.3 is 4.74 Å². The molecule has 0 aliphatic rings. The topological polar surface area (TPSA) is 26.3 Å². The summed E-state index contributed by atoms with van der Waals surface area (Å²) in [5.41, 5.74) is 3.52. The van der Waals surface area contributed by atoms with Crippen LogP contribution in [0.15, 0.2) is 85.4 Å². The maximum absolute atomic E-state index is 12.3. The van der Waals surface area contributed by atoms with Crippen molar-refractivity contribution in [3.63, 3.8) is 0 Å². The number of rotatable bonds is 6. The van der Waals surface area contributed by atoms with E-state index in [4.69, 9.17) is 4.74 Å². The van der Waals surface area contributed by atoms with E-state index in [0.717, 1.165) is 16.9 Å². The zero-order valence-corrected chi connectivity index (χ0v) is 13.3.